The maximum absolute atomic E-state index is 11.9. The zero-order valence-electron chi connectivity index (χ0n) is 19.5. The van der Waals surface area contributed by atoms with Crippen molar-refractivity contribution in [2.24, 2.45) is 0 Å². The molecule has 34 heavy (non-hydrogen) atoms. The van der Waals surface area contributed by atoms with E-state index in [4.69, 9.17) is 29.5 Å². The number of rotatable bonds is 6. The Labute approximate surface area is 203 Å². The van der Waals surface area contributed by atoms with E-state index < -0.39 is 11.9 Å². The predicted octanol–water partition coefficient (Wildman–Crippen LogP) is 3.52. The third-order valence-corrected chi connectivity index (χ3v) is 7.08. The zero-order valence-corrected chi connectivity index (χ0v) is 20.3. The molecule has 4 rings (SSSR count). The number of carboxylic acid groups (broad SMARTS) is 2. The molecular formula is C24H31N3O6S. The molecule has 1 fully saturated rings. The van der Waals surface area contributed by atoms with Crippen LogP contribution in [-0.4, -0.2) is 70.2 Å². The fraction of sp³-hybridized carbons (Fsp3) is 0.500. The average Bonchev–Trinajstić information content (AvgIpc) is 3.43. The molecule has 1 amide bonds. The fourth-order valence-electron chi connectivity index (χ4n) is 4.13. The van der Waals surface area contributed by atoms with Gasteiger partial charge >= 0.3 is 11.9 Å². The van der Waals surface area contributed by atoms with Crippen molar-refractivity contribution in [3.8, 4) is 16.3 Å². The summed E-state index contributed by atoms with van der Waals surface area (Å²) >= 11 is 1.70. The average molecular weight is 490 g/mol. The molecule has 1 aromatic carbocycles. The molecule has 9 nitrogen and oxygen atoms in total. The van der Waals surface area contributed by atoms with Gasteiger partial charge in [0.05, 0.1) is 6.61 Å². The first kappa shape index (κ1) is 25.6. The Hall–Kier alpha value is -2.98. The molecule has 184 valence electrons. The SMILES string of the molecule is CC(=O)N1CCCc2sc(-c3ccc(OCCCN4CCCC4C)cc3)nc21.O=C(O)C(=O)O. The predicted molar refractivity (Wildman–Crippen MR) is 130 cm³/mol. The van der Waals surface area contributed by atoms with Crippen molar-refractivity contribution in [1.29, 1.82) is 0 Å². The van der Waals surface area contributed by atoms with Crippen molar-refractivity contribution in [2.45, 2.75) is 52.0 Å². The van der Waals surface area contributed by atoms with E-state index >= 15 is 0 Å². The number of carbonyl (C=O) groups is 3. The lowest BCUT2D eigenvalue weighted by Gasteiger charge is -2.23. The van der Waals surface area contributed by atoms with Crippen LogP contribution in [0, 0.1) is 0 Å². The summed E-state index contributed by atoms with van der Waals surface area (Å²) in [5.41, 5.74) is 1.08. The van der Waals surface area contributed by atoms with Gasteiger partial charge in [0.25, 0.3) is 0 Å². The number of thiazole rings is 1. The molecule has 1 atom stereocenters. The summed E-state index contributed by atoms with van der Waals surface area (Å²) in [5, 5.41) is 15.8. The van der Waals surface area contributed by atoms with Crippen LogP contribution in [0.2, 0.25) is 0 Å². The largest absolute Gasteiger partial charge is 0.494 e. The van der Waals surface area contributed by atoms with Crippen LogP contribution < -0.4 is 9.64 Å². The van der Waals surface area contributed by atoms with Crippen LogP contribution in [0.4, 0.5) is 5.82 Å². The molecule has 0 aliphatic carbocycles. The Kier molecular flexibility index (Phi) is 9.00. The molecular weight excluding hydrogens is 458 g/mol. The molecule has 0 spiro atoms. The van der Waals surface area contributed by atoms with Crippen molar-refractivity contribution < 1.29 is 29.3 Å². The molecule has 2 aromatic rings. The number of nitrogens with zero attached hydrogens (tertiary/aromatic N) is 3. The molecule has 0 radical (unpaired) electrons. The number of anilines is 1. The fourth-order valence-corrected chi connectivity index (χ4v) is 5.24. The Morgan fingerprint density at radius 2 is 1.82 bits per heavy atom. The van der Waals surface area contributed by atoms with Gasteiger partial charge in [0, 0.05) is 36.5 Å². The number of benzene rings is 1. The number of carboxylic acids is 2. The van der Waals surface area contributed by atoms with Crippen molar-refractivity contribution >= 4 is 35.0 Å². The molecule has 1 aromatic heterocycles. The Morgan fingerprint density at radius 3 is 2.41 bits per heavy atom. The minimum Gasteiger partial charge on any atom is -0.494 e. The van der Waals surface area contributed by atoms with Crippen molar-refractivity contribution in [3.63, 3.8) is 0 Å². The van der Waals surface area contributed by atoms with Gasteiger partial charge in [-0.1, -0.05) is 0 Å². The number of aromatic nitrogens is 1. The maximum atomic E-state index is 11.9. The number of likely N-dealkylation sites (tertiary alicyclic amines) is 1. The van der Waals surface area contributed by atoms with Gasteiger partial charge in [0.1, 0.15) is 16.6 Å². The summed E-state index contributed by atoms with van der Waals surface area (Å²) in [4.78, 5) is 40.4. The number of amides is 1. The maximum Gasteiger partial charge on any atom is 0.414 e. The molecule has 1 unspecified atom stereocenters. The first-order valence-electron chi connectivity index (χ1n) is 11.5. The summed E-state index contributed by atoms with van der Waals surface area (Å²) in [6, 6.07) is 8.91. The van der Waals surface area contributed by atoms with Crippen LogP contribution in [0.1, 0.15) is 44.4 Å². The minimum absolute atomic E-state index is 0.0740. The molecule has 2 aliphatic rings. The van der Waals surface area contributed by atoms with Gasteiger partial charge < -0.3 is 19.8 Å². The lowest BCUT2D eigenvalue weighted by molar-refractivity contribution is -0.159. The first-order valence-corrected chi connectivity index (χ1v) is 12.3. The molecule has 10 heteroatoms. The Morgan fingerprint density at radius 1 is 1.12 bits per heavy atom. The van der Waals surface area contributed by atoms with Crippen LogP contribution in [0.15, 0.2) is 24.3 Å². The van der Waals surface area contributed by atoms with Crippen LogP contribution in [-0.2, 0) is 20.8 Å². The highest BCUT2D eigenvalue weighted by molar-refractivity contribution is 7.15. The lowest BCUT2D eigenvalue weighted by atomic mass is 10.2. The van der Waals surface area contributed by atoms with E-state index in [-0.39, 0.29) is 5.91 Å². The number of hydrogen-bond donors (Lipinski definition) is 2. The van der Waals surface area contributed by atoms with E-state index in [2.05, 4.69) is 24.0 Å². The van der Waals surface area contributed by atoms with Crippen molar-refractivity contribution in [3.05, 3.63) is 29.1 Å². The van der Waals surface area contributed by atoms with Gasteiger partial charge in [-0.2, -0.15) is 0 Å². The van der Waals surface area contributed by atoms with Gasteiger partial charge in [-0.3, -0.25) is 9.69 Å². The molecule has 0 bridgehead atoms. The quantitative estimate of drug-likeness (QED) is 0.467. The van der Waals surface area contributed by atoms with E-state index in [1.54, 1.807) is 23.2 Å². The normalized spacial score (nSPS) is 17.5. The molecule has 1 saturated heterocycles. The second-order valence-electron chi connectivity index (χ2n) is 8.40. The molecule has 3 heterocycles. The second kappa shape index (κ2) is 11.9. The Balaban J connectivity index is 0.000000481. The van der Waals surface area contributed by atoms with E-state index in [1.807, 2.05) is 12.1 Å². The zero-order chi connectivity index (χ0) is 24.7. The Bertz CT molecular complexity index is 995. The lowest BCUT2D eigenvalue weighted by Crippen LogP contribution is -2.33. The van der Waals surface area contributed by atoms with Crippen LogP contribution >= 0.6 is 11.3 Å². The van der Waals surface area contributed by atoms with Gasteiger partial charge in [-0.25, -0.2) is 14.6 Å². The summed E-state index contributed by atoms with van der Waals surface area (Å²) in [6.07, 6.45) is 5.73. The number of aryl methyl sites for hydroxylation is 1. The number of carbonyl (C=O) groups excluding carboxylic acids is 1. The number of fused-ring (bicyclic) bond motifs is 1. The van der Waals surface area contributed by atoms with E-state index in [1.165, 1.54) is 24.3 Å². The summed E-state index contributed by atoms with van der Waals surface area (Å²) in [5.74, 6) is -1.81. The molecule has 2 aliphatic heterocycles. The molecule has 2 N–H and O–H groups in total. The van der Waals surface area contributed by atoms with Crippen LogP contribution in [0.25, 0.3) is 10.6 Å². The van der Waals surface area contributed by atoms with Gasteiger partial charge in [-0.05, 0) is 69.8 Å². The highest BCUT2D eigenvalue weighted by Gasteiger charge is 2.25. The highest BCUT2D eigenvalue weighted by atomic mass is 32.1. The smallest absolute Gasteiger partial charge is 0.414 e. The van der Waals surface area contributed by atoms with Crippen LogP contribution in [0.5, 0.6) is 5.75 Å². The minimum atomic E-state index is -1.82. The number of ether oxygens (including phenoxy) is 1. The standard InChI is InChI=1S/C22H29N3O2S.C2H2O4/c1-16-6-3-12-24(16)13-5-15-27-19-10-8-18(9-11-19)22-23-21-20(28-22)7-4-14-25(21)17(2)26;3-1(4)2(5)6/h8-11,16H,3-7,12-15H2,1-2H3;(H,3,4)(H,5,6). The number of aliphatic carboxylic acids is 2. The van der Waals surface area contributed by atoms with Crippen molar-refractivity contribution in [2.75, 3.05) is 31.1 Å². The topological polar surface area (TPSA) is 120 Å². The van der Waals surface area contributed by atoms with Gasteiger partial charge in [0.15, 0.2) is 0 Å². The van der Waals surface area contributed by atoms with E-state index in [9.17, 15) is 4.79 Å². The van der Waals surface area contributed by atoms with Gasteiger partial charge in [0.2, 0.25) is 5.91 Å². The number of hydrogen-bond acceptors (Lipinski definition) is 7. The first-order chi connectivity index (χ1) is 16.3. The highest BCUT2D eigenvalue weighted by Crippen LogP contribution is 2.37. The monoisotopic (exact) mass is 489 g/mol. The van der Waals surface area contributed by atoms with Crippen molar-refractivity contribution in [1.82, 2.24) is 9.88 Å². The summed E-state index contributed by atoms with van der Waals surface area (Å²) in [7, 11) is 0. The second-order valence-corrected chi connectivity index (χ2v) is 9.49. The summed E-state index contributed by atoms with van der Waals surface area (Å²) < 4.78 is 5.93. The van der Waals surface area contributed by atoms with E-state index in [0.717, 1.165) is 67.1 Å². The third-order valence-electron chi connectivity index (χ3n) is 5.93. The third kappa shape index (κ3) is 6.77. The molecule has 0 saturated carbocycles. The van der Waals surface area contributed by atoms with E-state index in [0.29, 0.717) is 0 Å². The van der Waals surface area contributed by atoms with Crippen LogP contribution in [0.3, 0.4) is 0 Å². The van der Waals surface area contributed by atoms with Gasteiger partial charge in [-0.15, -0.1) is 11.3 Å². The summed E-state index contributed by atoms with van der Waals surface area (Å²) in [6.45, 7) is 7.81.